The van der Waals surface area contributed by atoms with Crippen molar-refractivity contribution in [3.8, 4) is 0 Å². The maximum atomic E-state index is 13.0. The minimum atomic E-state index is -3.48. The highest BCUT2D eigenvalue weighted by atomic mass is 35.5. The number of carbonyl (C=O) groups excluding carboxylic acids is 1. The maximum absolute atomic E-state index is 13.0. The van der Waals surface area contributed by atoms with Crippen LogP contribution in [0.3, 0.4) is 0 Å². The number of aromatic nitrogens is 2. The van der Waals surface area contributed by atoms with E-state index in [4.69, 9.17) is 11.6 Å². The molecule has 0 aliphatic heterocycles. The minimum Gasteiger partial charge on any atom is -0.282 e. The van der Waals surface area contributed by atoms with Crippen molar-refractivity contribution in [2.45, 2.75) is 13.5 Å². The van der Waals surface area contributed by atoms with Gasteiger partial charge in [-0.25, -0.2) is 13.4 Å². The van der Waals surface area contributed by atoms with Crippen LogP contribution in [0.5, 0.6) is 0 Å². The molecule has 0 aliphatic carbocycles. The summed E-state index contributed by atoms with van der Waals surface area (Å²) in [6, 6.07) is 7.25. The molecule has 2 heterocycles. The van der Waals surface area contributed by atoms with E-state index in [0.29, 0.717) is 10.2 Å². The number of anilines is 1. The fourth-order valence-electron chi connectivity index (χ4n) is 2.59. The largest absolute Gasteiger partial charge is 0.282 e. The summed E-state index contributed by atoms with van der Waals surface area (Å²) in [6.07, 6.45) is 4.38. The second-order valence-corrected chi connectivity index (χ2v) is 9.96. The Kier molecular flexibility index (Phi) is 5.99. The Morgan fingerprint density at radius 3 is 2.71 bits per heavy atom. The Hall–Kier alpha value is -2.07. The molecule has 0 unspecified atom stereocenters. The lowest BCUT2D eigenvalue weighted by Gasteiger charge is -2.22. The number of amides is 1. The Labute approximate surface area is 172 Å². The van der Waals surface area contributed by atoms with Gasteiger partial charge in [0, 0.05) is 24.5 Å². The number of carbonyl (C=O) groups is 1. The number of aryl methyl sites for hydroxylation is 1. The lowest BCUT2D eigenvalue weighted by Crippen LogP contribution is -2.40. The first-order chi connectivity index (χ1) is 13.1. The van der Waals surface area contributed by atoms with Crippen LogP contribution < -0.4 is 4.90 Å². The number of thiazole rings is 1. The third-order valence-corrected chi connectivity index (χ3v) is 6.66. The van der Waals surface area contributed by atoms with E-state index < -0.39 is 10.0 Å². The van der Waals surface area contributed by atoms with Gasteiger partial charge in [-0.2, -0.15) is 4.31 Å². The molecule has 0 saturated carbocycles. The van der Waals surface area contributed by atoms with E-state index in [-0.39, 0.29) is 19.0 Å². The van der Waals surface area contributed by atoms with Crippen molar-refractivity contribution >= 4 is 54.2 Å². The topological polar surface area (TPSA) is 83.5 Å². The number of rotatable bonds is 6. The summed E-state index contributed by atoms with van der Waals surface area (Å²) in [5, 5.41) is 1.08. The normalized spacial score (nSPS) is 11.9. The SMILES string of the molecule is Cc1cc(Cl)cc2sc(N(Cc3cccnc3)C(=O)CN(C)S(C)(=O)=O)nc12. The van der Waals surface area contributed by atoms with E-state index in [1.54, 1.807) is 24.5 Å². The number of sulfonamides is 1. The predicted molar refractivity (Wildman–Crippen MR) is 112 cm³/mol. The zero-order chi connectivity index (χ0) is 20.5. The number of benzene rings is 1. The van der Waals surface area contributed by atoms with E-state index in [9.17, 15) is 13.2 Å². The van der Waals surface area contributed by atoms with Gasteiger partial charge in [-0.1, -0.05) is 29.0 Å². The summed E-state index contributed by atoms with van der Waals surface area (Å²) in [4.78, 5) is 23.2. The summed E-state index contributed by atoms with van der Waals surface area (Å²) in [5.74, 6) is -0.375. The van der Waals surface area contributed by atoms with E-state index in [0.717, 1.165) is 31.9 Å². The molecule has 0 N–H and O–H groups in total. The first kappa shape index (κ1) is 20.7. The van der Waals surface area contributed by atoms with Crippen LogP contribution in [0, 0.1) is 6.92 Å². The van der Waals surface area contributed by atoms with Gasteiger partial charge in [0.2, 0.25) is 15.9 Å². The van der Waals surface area contributed by atoms with Gasteiger partial charge in [0.15, 0.2) is 5.13 Å². The maximum Gasteiger partial charge on any atom is 0.244 e. The summed E-state index contributed by atoms with van der Waals surface area (Å²) in [5.41, 5.74) is 2.49. The van der Waals surface area contributed by atoms with Gasteiger partial charge in [-0.3, -0.25) is 14.7 Å². The van der Waals surface area contributed by atoms with Crippen molar-refractivity contribution < 1.29 is 13.2 Å². The summed E-state index contributed by atoms with van der Waals surface area (Å²) < 4.78 is 25.3. The fraction of sp³-hybridized carbons (Fsp3) is 0.278. The number of pyridine rings is 1. The molecule has 7 nitrogen and oxygen atoms in total. The van der Waals surface area contributed by atoms with Crippen molar-refractivity contribution in [2.75, 3.05) is 24.7 Å². The van der Waals surface area contributed by atoms with Crippen LogP contribution >= 0.6 is 22.9 Å². The second-order valence-electron chi connectivity index (χ2n) is 6.43. The molecular formula is C18H19ClN4O3S2. The van der Waals surface area contributed by atoms with Gasteiger partial charge in [0.25, 0.3) is 0 Å². The zero-order valence-corrected chi connectivity index (χ0v) is 18.0. The minimum absolute atomic E-state index is 0.233. The Morgan fingerprint density at radius 2 is 2.07 bits per heavy atom. The number of hydrogen-bond donors (Lipinski definition) is 0. The van der Waals surface area contributed by atoms with Crippen LogP contribution in [0.4, 0.5) is 5.13 Å². The molecule has 1 amide bonds. The first-order valence-electron chi connectivity index (χ1n) is 8.32. The highest BCUT2D eigenvalue weighted by Crippen LogP contribution is 2.33. The standard InChI is InChI=1S/C18H19ClN4O3S2/c1-12-7-14(19)8-15-17(12)21-18(27-15)23(10-13-5-4-6-20-9-13)16(24)11-22(2)28(3,25)26/h4-9H,10-11H2,1-3H3. The van der Waals surface area contributed by atoms with Crippen molar-refractivity contribution in [1.82, 2.24) is 14.3 Å². The van der Waals surface area contributed by atoms with E-state index in [2.05, 4.69) is 9.97 Å². The number of halogens is 1. The van der Waals surface area contributed by atoms with Crippen molar-refractivity contribution in [1.29, 1.82) is 0 Å². The van der Waals surface area contributed by atoms with Crippen LogP contribution in [0.1, 0.15) is 11.1 Å². The smallest absolute Gasteiger partial charge is 0.244 e. The third kappa shape index (κ3) is 4.67. The molecule has 3 rings (SSSR count). The molecule has 0 saturated heterocycles. The predicted octanol–water partition coefficient (Wildman–Crippen LogP) is 3.08. The molecule has 0 fully saturated rings. The highest BCUT2D eigenvalue weighted by molar-refractivity contribution is 7.88. The van der Waals surface area contributed by atoms with Crippen molar-refractivity contribution in [2.24, 2.45) is 0 Å². The summed E-state index contributed by atoms with van der Waals surface area (Å²) in [7, 11) is -2.11. The van der Waals surface area contributed by atoms with E-state index in [1.165, 1.54) is 23.3 Å². The molecule has 10 heteroatoms. The monoisotopic (exact) mass is 438 g/mol. The summed E-state index contributed by atoms with van der Waals surface area (Å²) in [6.45, 7) is 1.86. The van der Waals surface area contributed by atoms with Crippen LogP contribution in [-0.2, 0) is 21.4 Å². The number of nitrogens with zero attached hydrogens (tertiary/aromatic N) is 4. The van der Waals surface area contributed by atoms with Crippen molar-refractivity contribution in [3.63, 3.8) is 0 Å². The molecular weight excluding hydrogens is 420 g/mol. The summed E-state index contributed by atoms with van der Waals surface area (Å²) >= 11 is 7.48. The van der Waals surface area contributed by atoms with Crippen molar-refractivity contribution in [3.05, 3.63) is 52.8 Å². The Morgan fingerprint density at radius 1 is 1.32 bits per heavy atom. The Bertz CT molecular complexity index is 1120. The van der Waals surface area contributed by atoms with E-state index in [1.807, 2.05) is 19.1 Å². The average Bonchev–Trinajstić information content (AvgIpc) is 3.03. The molecule has 3 aromatic rings. The molecule has 28 heavy (non-hydrogen) atoms. The lowest BCUT2D eigenvalue weighted by molar-refractivity contribution is -0.118. The van der Waals surface area contributed by atoms with Crippen LogP contribution in [-0.4, -0.2) is 48.4 Å². The highest BCUT2D eigenvalue weighted by Gasteiger charge is 2.24. The quantitative estimate of drug-likeness (QED) is 0.590. The van der Waals surface area contributed by atoms with Gasteiger partial charge in [0.1, 0.15) is 0 Å². The van der Waals surface area contributed by atoms with Crippen LogP contribution in [0.2, 0.25) is 5.02 Å². The van der Waals surface area contributed by atoms with Gasteiger partial charge < -0.3 is 0 Å². The average molecular weight is 439 g/mol. The lowest BCUT2D eigenvalue weighted by atomic mass is 10.2. The van der Waals surface area contributed by atoms with Gasteiger partial charge in [-0.15, -0.1) is 0 Å². The molecule has 2 aromatic heterocycles. The Balaban J connectivity index is 2.00. The first-order valence-corrected chi connectivity index (χ1v) is 11.4. The van der Waals surface area contributed by atoms with Crippen LogP contribution in [0.25, 0.3) is 10.2 Å². The number of fused-ring (bicyclic) bond motifs is 1. The van der Waals surface area contributed by atoms with E-state index >= 15 is 0 Å². The van der Waals surface area contributed by atoms with Gasteiger partial charge >= 0.3 is 0 Å². The van der Waals surface area contributed by atoms with Gasteiger partial charge in [0.05, 0.1) is 29.6 Å². The van der Waals surface area contributed by atoms with Gasteiger partial charge in [-0.05, 0) is 36.2 Å². The third-order valence-electron chi connectivity index (χ3n) is 4.16. The second kappa shape index (κ2) is 8.12. The molecule has 0 atom stereocenters. The molecule has 148 valence electrons. The number of hydrogen-bond acceptors (Lipinski definition) is 6. The fourth-order valence-corrected chi connectivity index (χ4v) is 4.37. The zero-order valence-electron chi connectivity index (χ0n) is 15.6. The van der Waals surface area contributed by atoms with Crippen LogP contribution in [0.15, 0.2) is 36.7 Å². The molecule has 0 bridgehead atoms. The molecule has 0 aliphatic rings. The molecule has 0 radical (unpaired) electrons. The molecule has 0 spiro atoms. The number of likely N-dealkylation sites (N-methyl/N-ethyl adjacent to an activating group) is 1. The molecule has 1 aromatic carbocycles.